The first-order valence-electron chi connectivity index (χ1n) is 6.43. The lowest BCUT2D eigenvalue weighted by Crippen LogP contribution is -2.18. The van der Waals surface area contributed by atoms with Crippen molar-refractivity contribution in [1.29, 1.82) is 0 Å². The molecule has 0 amide bonds. The third-order valence-corrected chi connectivity index (χ3v) is 5.89. The molecule has 0 radical (unpaired) electrons. The number of hydrogen-bond acceptors (Lipinski definition) is 5. The Hall–Kier alpha value is -0.720. The normalized spacial score (nSPS) is 24.8. The Morgan fingerprint density at radius 3 is 2.95 bits per heavy atom. The van der Waals surface area contributed by atoms with Crippen LogP contribution in [0.3, 0.4) is 0 Å². The van der Waals surface area contributed by atoms with E-state index in [1.54, 1.807) is 11.3 Å². The predicted octanol–water partition coefficient (Wildman–Crippen LogP) is 3.84. The maximum Gasteiger partial charge on any atom is 0.230 e. The summed E-state index contributed by atoms with van der Waals surface area (Å²) in [6, 6.07) is 2.02. The van der Waals surface area contributed by atoms with Gasteiger partial charge in [0.1, 0.15) is 0 Å². The van der Waals surface area contributed by atoms with Crippen molar-refractivity contribution in [2.45, 2.75) is 25.2 Å². The average Bonchev–Trinajstić information content (AvgIpc) is 2.85. The van der Waals surface area contributed by atoms with Crippen molar-refractivity contribution in [3.8, 4) is 10.7 Å². The number of thiophene rings is 1. The molecule has 4 nitrogen and oxygen atoms in total. The van der Waals surface area contributed by atoms with Crippen molar-refractivity contribution in [3.63, 3.8) is 0 Å². The molecule has 0 aromatic carbocycles. The third kappa shape index (κ3) is 2.06. The molecule has 100 valence electrons. The minimum absolute atomic E-state index is 0.387. The predicted molar refractivity (Wildman–Crippen MR) is 75.2 cm³/mol. The summed E-state index contributed by atoms with van der Waals surface area (Å²) in [5, 5.41) is 6.14. The van der Waals surface area contributed by atoms with E-state index in [1.807, 2.05) is 11.4 Å². The fraction of sp³-hybridized carbons (Fsp3) is 0.538. The molecule has 3 heterocycles. The smallest absolute Gasteiger partial charge is 0.230 e. The topological polar surface area (TPSA) is 48.2 Å². The second-order valence-corrected chi connectivity index (χ2v) is 7.14. The van der Waals surface area contributed by atoms with Gasteiger partial charge in [-0.05, 0) is 46.7 Å². The quantitative estimate of drug-likeness (QED) is 0.833. The lowest BCUT2D eigenvalue weighted by molar-refractivity contribution is 0.0544. The molecule has 19 heavy (non-hydrogen) atoms. The molecule has 2 aromatic rings. The number of ether oxygens (including phenoxy) is 1. The molecule has 1 aliphatic carbocycles. The largest absolute Gasteiger partial charge is 0.381 e. The standard InChI is InChI=1S/C13H13BrN2O2S/c14-8-5-10(19-7-8)11-15-12(18-16-11)9-6-13(9)1-3-17-4-2-13/h5,7,9H,1-4,6H2/t9-/m0/s1. The summed E-state index contributed by atoms with van der Waals surface area (Å²) < 4.78 is 12.0. The van der Waals surface area contributed by atoms with Gasteiger partial charge in [0.05, 0.1) is 4.88 Å². The Kier molecular flexibility index (Phi) is 2.79. The SMILES string of the molecule is Brc1csc(-c2noc([C@@H]3CC34CCOCC4)n2)c1. The van der Waals surface area contributed by atoms with E-state index in [1.165, 1.54) is 6.42 Å². The van der Waals surface area contributed by atoms with Gasteiger partial charge in [0.25, 0.3) is 0 Å². The molecule has 2 fully saturated rings. The zero-order valence-electron chi connectivity index (χ0n) is 10.3. The summed E-state index contributed by atoms with van der Waals surface area (Å²) in [5.74, 6) is 1.96. The summed E-state index contributed by atoms with van der Waals surface area (Å²) in [7, 11) is 0. The molecule has 1 spiro atoms. The van der Waals surface area contributed by atoms with Gasteiger partial charge in [0.2, 0.25) is 11.7 Å². The number of rotatable bonds is 2. The second kappa shape index (κ2) is 4.40. The Morgan fingerprint density at radius 1 is 1.37 bits per heavy atom. The summed E-state index contributed by atoms with van der Waals surface area (Å²) in [4.78, 5) is 5.62. The molecular weight excluding hydrogens is 328 g/mol. The number of nitrogens with zero attached hydrogens (tertiary/aromatic N) is 2. The van der Waals surface area contributed by atoms with Gasteiger partial charge < -0.3 is 9.26 Å². The van der Waals surface area contributed by atoms with Gasteiger partial charge in [-0.1, -0.05) is 5.16 Å². The van der Waals surface area contributed by atoms with Crippen molar-refractivity contribution in [3.05, 3.63) is 21.8 Å². The monoisotopic (exact) mass is 340 g/mol. The van der Waals surface area contributed by atoms with Gasteiger partial charge in [0, 0.05) is 29.0 Å². The van der Waals surface area contributed by atoms with Gasteiger partial charge in [0.15, 0.2) is 0 Å². The van der Waals surface area contributed by atoms with E-state index >= 15 is 0 Å². The van der Waals surface area contributed by atoms with Gasteiger partial charge in [-0.3, -0.25) is 0 Å². The molecule has 1 aliphatic heterocycles. The second-order valence-electron chi connectivity index (χ2n) is 5.32. The Balaban J connectivity index is 1.56. The Bertz CT molecular complexity index is 603. The van der Waals surface area contributed by atoms with E-state index in [2.05, 4.69) is 26.1 Å². The van der Waals surface area contributed by atoms with Crippen LogP contribution in [-0.2, 0) is 4.74 Å². The van der Waals surface area contributed by atoms with Gasteiger partial charge in [-0.15, -0.1) is 11.3 Å². The van der Waals surface area contributed by atoms with E-state index in [-0.39, 0.29) is 0 Å². The van der Waals surface area contributed by atoms with E-state index in [4.69, 9.17) is 9.26 Å². The molecule has 2 aromatic heterocycles. The summed E-state index contributed by atoms with van der Waals surface area (Å²) in [6.45, 7) is 1.74. The van der Waals surface area contributed by atoms with E-state index in [9.17, 15) is 0 Å². The minimum atomic E-state index is 0.387. The minimum Gasteiger partial charge on any atom is -0.381 e. The van der Waals surface area contributed by atoms with Crippen LogP contribution in [0.15, 0.2) is 20.4 Å². The van der Waals surface area contributed by atoms with Crippen LogP contribution in [0, 0.1) is 5.41 Å². The van der Waals surface area contributed by atoms with Crippen LogP contribution in [0.1, 0.15) is 31.1 Å². The first-order chi connectivity index (χ1) is 9.27. The van der Waals surface area contributed by atoms with Gasteiger partial charge in [-0.2, -0.15) is 4.98 Å². The van der Waals surface area contributed by atoms with Crippen molar-refractivity contribution in [2.24, 2.45) is 5.41 Å². The summed E-state index contributed by atoms with van der Waals surface area (Å²) in [5.41, 5.74) is 0.387. The third-order valence-electron chi connectivity index (χ3n) is 4.21. The van der Waals surface area contributed by atoms with Crippen LogP contribution in [0.4, 0.5) is 0 Å². The average molecular weight is 341 g/mol. The molecule has 1 saturated carbocycles. The first-order valence-corrected chi connectivity index (χ1v) is 8.10. The van der Waals surface area contributed by atoms with Crippen molar-refractivity contribution < 1.29 is 9.26 Å². The molecule has 2 aliphatic rings. The summed E-state index contributed by atoms with van der Waals surface area (Å²) in [6.07, 6.45) is 3.42. The fourth-order valence-corrected chi connectivity index (χ4v) is 4.29. The van der Waals surface area contributed by atoms with Crippen LogP contribution in [0.25, 0.3) is 10.7 Å². The zero-order valence-corrected chi connectivity index (χ0v) is 12.7. The van der Waals surface area contributed by atoms with Crippen LogP contribution in [0.5, 0.6) is 0 Å². The maximum absolute atomic E-state index is 5.47. The molecule has 0 bridgehead atoms. The zero-order chi connectivity index (χ0) is 12.9. The summed E-state index contributed by atoms with van der Waals surface area (Å²) >= 11 is 5.07. The lowest BCUT2D eigenvalue weighted by atomic mass is 9.94. The molecule has 6 heteroatoms. The van der Waals surface area contributed by atoms with E-state index in [0.29, 0.717) is 17.2 Å². The first kappa shape index (κ1) is 12.1. The van der Waals surface area contributed by atoms with Crippen molar-refractivity contribution >= 4 is 27.3 Å². The lowest BCUT2D eigenvalue weighted by Gasteiger charge is -2.21. The number of hydrogen-bond donors (Lipinski definition) is 0. The van der Waals surface area contributed by atoms with Gasteiger partial charge in [-0.25, -0.2) is 0 Å². The maximum atomic E-state index is 5.47. The molecule has 4 rings (SSSR count). The van der Waals surface area contributed by atoms with Gasteiger partial charge >= 0.3 is 0 Å². The highest BCUT2D eigenvalue weighted by atomic mass is 79.9. The Morgan fingerprint density at radius 2 is 2.21 bits per heavy atom. The number of halogens is 1. The van der Waals surface area contributed by atoms with Crippen LogP contribution < -0.4 is 0 Å². The van der Waals surface area contributed by atoms with Crippen molar-refractivity contribution in [1.82, 2.24) is 10.1 Å². The highest BCUT2D eigenvalue weighted by Gasteiger charge is 2.57. The van der Waals surface area contributed by atoms with Crippen LogP contribution in [0.2, 0.25) is 0 Å². The highest BCUT2D eigenvalue weighted by molar-refractivity contribution is 9.10. The fourth-order valence-electron chi connectivity index (χ4n) is 2.93. The van der Waals surface area contributed by atoms with Crippen LogP contribution >= 0.6 is 27.3 Å². The van der Waals surface area contributed by atoms with Crippen molar-refractivity contribution in [2.75, 3.05) is 13.2 Å². The molecule has 0 N–H and O–H groups in total. The molecular formula is C13H13BrN2O2S. The molecule has 0 unspecified atom stereocenters. The van der Waals surface area contributed by atoms with E-state index < -0.39 is 0 Å². The Labute approximate surface area is 123 Å². The highest BCUT2D eigenvalue weighted by Crippen LogP contribution is 2.64. The molecule has 1 atom stereocenters. The van der Waals surface area contributed by atoms with Crippen LogP contribution in [-0.4, -0.2) is 23.4 Å². The molecule has 1 saturated heterocycles. The number of aromatic nitrogens is 2. The van der Waals surface area contributed by atoms with E-state index in [0.717, 1.165) is 41.3 Å².